The summed E-state index contributed by atoms with van der Waals surface area (Å²) in [6.07, 6.45) is 1.55. The average molecular weight is 393 g/mol. The number of rotatable bonds is 4. The van der Waals surface area contributed by atoms with Gasteiger partial charge in [-0.2, -0.15) is 5.26 Å². The van der Waals surface area contributed by atoms with Crippen molar-refractivity contribution in [2.45, 2.75) is 0 Å². The summed E-state index contributed by atoms with van der Waals surface area (Å²) in [6.45, 7) is 0. The lowest BCUT2D eigenvalue weighted by molar-refractivity contribution is 0.0593. The molecule has 0 radical (unpaired) electrons. The summed E-state index contributed by atoms with van der Waals surface area (Å²) in [5, 5.41) is 9.26. The van der Waals surface area contributed by atoms with Gasteiger partial charge in [-0.25, -0.2) is 4.79 Å². The lowest BCUT2D eigenvalue weighted by atomic mass is 10.0. The van der Waals surface area contributed by atoms with E-state index in [0.29, 0.717) is 5.69 Å². The van der Waals surface area contributed by atoms with Crippen molar-refractivity contribution in [1.29, 1.82) is 5.26 Å². The van der Waals surface area contributed by atoms with Crippen molar-refractivity contribution in [1.82, 2.24) is 4.57 Å². The number of nitriles is 1. The first kappa shape index (κ1) is 19.0. The summed E-state index contributed by atoms with van der Waals surface area (Å²) in [5.41, 5.74) is 11.6. The molecule has 4 rings (SSSR count). The molecule has 5 heteroatoms. The van der Waals surface area contributed by atoms with Crippen LogP contribution in [-0.2, 0) is 4.74 Å². The second-order valence-corrected chi connectivity index (χ2v) is 6.77. The summed E-state index contributed by atoms with van der Waals surface area (Å²) in [4.78, 5) is 12.2. The van der Waals surface area contributed by atoms with Gasteiger partial charge in [0.25, 0.3) is 0 Å². The maximum absolute atomic E-state index is 12.2. The predicted molar refractivity (Wildman–Crippen MR) is 117 cm³/mol. The van der Waals surface area contributed by atoms with Crippen molar-refractivity contribution in [3.8, 4) is 34.0 Å². The number of aromatic nitrogens is 1. The second-order valence-electron chi connectivity index (χ2n) is 6.77. The second kappa shape index (κ2) is 7.98. The van der Waals surface area contributed by atoms with Crippen molar-refractivity contribution >= 4 is 11.7 Å². The molecule has 2 N–H and O–H groups in total. The predicted octanol–water partition coefficient (Wildman–Crippen LogP) is 5.05. The van der Waals surface area contributed by atoms with Crippen molar-refractivity contribution < 1.29 is 9.53 Å². The van der Waals surface area contributed by atoms with Gasteiger partial charge in [0.15, 0.2) is 5.69 Å². The fourth-order valence-electron chi connectivity index (χ4n) is 3.42. The number of esters is 1. The molecule has 0 amide bonds. The number of methoxy groups -OCH3 is 1. The molecule has 5 nitrogen and oxygen atoms in total. The average Bonchev–Trinajstić information content (AvgIpc) is 3.15. The van der Waals surface area contributed by atoms with Gasteiger partial charge < -0.3 is 15.0 Å². The van der Waals surface area contributed by atoms with E-state index in [1.165, 1.54) is 12.7 Å². The van der Waals surface area contributed by atoms with E-state index in [-0.39, 0.29) is 16.9 Å². The molecule has 0 aliphatic carbocycles. The minimum atomic E-state index is -0.588. The van der Waals surface area contributed by atoms with Crippen molar-refractivity contribution in [3.63, 3.8) is 0 Å². The summed E-state index contributed by atoms with van der Waals surface area (Å²) in [6, 6.07) is 28.3. The van der Waals surface area contributed by atoms with Crippen LogP contribution in [0.5, 0.6) is 0 Å². The molecule has 0 saturated heterocycles. The highest BCUT2D eigenvalue weighted by Gasteiger charge is 2.21. The van der Waals surface area contributed by atoms with Crippen LogP contribution >= 0.6 is 0 Å². The summed E-state index contributed by atoms with van der Waals surface area (Å²) >= 11 is 0. The molecule has 1 heterocycles. The number of hydrogen-bond donors (Lipinski definition) is 1. The van der Waals surface area contributed by atoms with Gasteiger partial charge in [-0.05, 0) is 34.4 Å². The Kier molecular flexibility index (Phi) is 5.06. The van der Waals surface area contributed by atoms with Crippen LogP contribution in [0.25, 0.3) is 27.9 Å². The van der Waals surface area contributed by atoms with E-state index in [0.717, 1.165) is 16.7 Å². The third-order valence-corrected chi connectivity index (χ3v) is 5.01. The minimum absolute atomic E-state index is 0.116. The summed E-state index contributed by atoms with van der Waals surface area (Å²) in [5.74, 6) is -0.588. The number of benzene rings is 3. The van der Waals surface area contributed by atoms with Crippen LogP contribution in [0.4, 0.5) is 5.69 Å². The summed E-state index contributed by atoms with van der Waals surface area (Å²) < 4.78 is 6.41. The molecule has 0 spiro atoms. The van der Waals surface area contributed by atoms with Gasteiger partial charge in [-0.15, -0.1) is 0 Å². The molecule has 1 aromatic heterocycles. The summed E-state index contributed by atoms with van der Waals surface area (Å²) in [7, 11) is 1.29. The first-order valence-corrected chi connectivity index (χ1v) is 9.38. The van der Waals surface area contributed by atoms with Crippen molar-refractivity contribution in [3.05, 3.63) is 96.3 Å². The maximum atomic E-state index is 12.2. The van der Waals surface area contributed by atoms with Crippen LogP contribution in [-0.4, -0.2) is 17.6 Å². The zero-order valence-electron chi connectivity index (χ0n) is 16.4. The largest absolute Gasteiger partial charge is 0.464 e. The van der Waals surface area contributed by atoms with E-state index in [1.54, 1.807) is 10.8 Å². The van der Waals surface area contributed by atoms with Crippen LogP contribution in [0, 0.1) is 11.3 Å². The fourth-order valence-corrected chi connectivity index (χ4v) is 3.42. The number of ether oxygens (including phenoxy) is 1. The van der Waals surface area contributed by atoms with E-state index < -0.39 is 5.97 Å². The smallest absolute Gasteiger partial charge is 0.357 e. The van der Waals surface area contributed by atoms with E-state index in [2.05, 4.69) is 36.4 Å². The van der Waals surface area contributed by atoms with Gasteiger partial charge in [0.1, 0.15) is 6.07 Å². The fraction of sp³-hybridized carbons (Fsp3) is 0.0400. The van der Waals surface area contributed by atoms with E-state index >= 15 is 0 Å². The standard InChI is InChI=1S/C25H19N3O2/c1-30-25(29)24-23(27)21(15-26)16-28(24)22-13-11-20(12-14-22)19-9-7-18(8-10-19)17-5-3-2-4-6-17/h2-14,16H,27H2,1H3. The number of hydrogen-bond acceptors (Lipinski definition) is 4. The SMILES string of the molecule is COC(=O)c1c(N)c(C#N)cn1-c1ccc(-c2ccc(-c3ccccc3)cc2)cc1. The molecule has 4 aromatic rings. The van der Waals surface area contributed by atoms with Crippen molar-refractivity contribution in [2.24, 2.45) is 0 Å². The highest BCUT2D eigenvalue weighted by molar-refractivity contribution is 5.96. The highest BCUT2D eigenvalue weighted by Crippen LogP contribution is 2.28. The Morgan fingerprint density at radius 1 is 0.867 bits per heavy atom. The molecule has 0 bridgehead atoms. The van der Waals surface area contributed by atoms with Gasteiger partial charge in [0.2, 0.25) is 0 Å². The lowest BCUT2D eigenvalue weighted by Crippen LogP contribution is -2.11. The minimum Gasteiger partial charge on any atom is -0.464 e. The lowest BCUT2D eigenvalue weighted by Gasteiger charge is -2.10. The topological polar surface area (TPSA) is 81.0 Å². The molecule has 0 aliphatic rings. The number of nitrogen functional groups attached to an aromatic ring is 1. The zero-order valence-corrected chi connectivity index (χ0v) is 16.4. The molecule has 0 fully saturated rings. The van der Waals surface area contributed by atoms with Crippen LogP contribution in [0.2, 0.25) is 0 Å². The number of anilines is 1. The molecule has 0 saturated carbocycles. The van der Waals surface area contributed by atoms with Crippen LogP contribution in [0.15, 0.2) is 85.1 Å². The monoisotopic (exact) mass is 393 g/mol. The highest BCUT2D eigenvalue weighted by atomic mass is 16.5. The van der Waals surface area contributed by atoms with Gasteiger partial charge in [-0.3, -0.25) is 0 Å². The number of nitrogens with two attached hydrogens (primary N) is 1. The Bertz CT molecular complexity index is 1230. The normalized spacial score (nSPS) is 10.4. The Morgan fingerprint density at radius 3 is 1.87 bits per heavy atom. The van der Waals surface area contributed by atoms with E-state index in [9.17, 15) is 10.1 Å². The third-order valence-electron chi connectivity index (χ3n) is 5.01. The first-order chi connectivity index (χ1) is 14.6. The van der Waals surface area contributed by atoms with Crippen LogP contribution < -0.4 is 5.73 Å². The van der Waals surface area contributed by atoms with Crippen LogP contribution in [0.1, 0.15) is 16.1 Å². The third kappa shape index (κ3) is 3.43. The van der Waals surface area contributed by atoms with E-state index in [4.69, 9.17) is 10.5 Å². The molecular weight excluding hydrogens is 374 g/mol. The van der Waals surface area contributed by atoms with Gasteiger partial charge in [0, 0.05) is 11.9 Å². The van der Waals surface area contributed by atoms with Gasteiger partial charge in [-0.1, -0.05) is 66.7 Å². The molecule has 30 heavy (non-hydrogen) atoms. The van der Waals surface area contributed by atoms with E-state index in [1.807, 2.05) is 48.5 Å². The quantitative estimate of drug-likeness (QED) is 0.492. The first-order valence-electron chi connectivity index (χ1n) is 9.38. The molecule has 0 aliphatic heterocycles. The molecule has 3 aromatic carbocycles. The number of carbonyl (C=O) groups excluding carboxylic acids is 1. The Labute approximate surface area is 174 Å². The molecular formula is C25H19N3O2. The molecule has 0 atom stereocenters. The Hall–Kier alpha value is -4.30. The zero-order chi connectivity index (χ0) is 21.1. The maximum Gasteiger partial charge on any atom is 0.357 e. The Balaban J connectivity index is 1.66. The number of nitrogens with zero attached hydrogens (tertiary/aromatic N) is 2. The van der Waals surface area contributed by atoms with Crippen molar-refractivity contribution in [2.75, 3.05) is 12.8 Å². The Morgan fingerprint density at radius 2 is 1.37 bits per heavy atom. The van der Waals surface area contributed by atoms with Gasteiger partial charge >= 0.3 is 5.97 Å². The van der Waals surface area contributed by atoms with Crippen LogP contribution in [0.3, 0.4) is 0 Å². The number of carbonyl (C=O) groups is 1. The van der Waals surface area contributed by atoms with Gasteiger partial charge in [0.05, 0.1) is 18.4 Å². The molecule has 0 unspecified atom stereocenters. The molecule has 146 valence electrons.